The Kier molecular flexibility index (Phi) is 8.31. The van der Waals surface area contributed by atoms with Gasteiger partial charge in [-0.05, 0) is 57.8 Å². The second-order valence-corrected chi connectivity index (χ2v) is 8.71. The fourth-order valence-electron chi connectivity index (χ4n) is 4.45. The van der Waals surface area contributed by atoms with Gasteiger partial charge in [-0.2, -0.15) is 0 Å². The molecule has 2 fully saturated rings. The van der Waals surface area contributed by atoms with Gasteiger partial charge in [0.25, 0.3) is 0 Å². The van der Waals surface area contributed by atoms with Crippen LogP contribution in [0.3, 0.4) is 0 Å². The maximum Gasteiger partial charge on any atom is 0.334 e. The first-order chi connectivity index (χ1) is 13.3. The lowest BCUT2D eigenvalue weighted by atomic mass is 9.98. The third kappa shape index (κ3) is 5.47. The van der Waals surface area contributed by atoms with Crippen LogP contribution in [0.25, 0.3) is 0 Å². The summed E-state index contributed by atoms with van der Waals surface area (Å²) in [5.41, 5.74) is -0.902. The molecule has 0 bridgehead atoms. The van der Waals surface area contributed by atoms with E-state index in [2.05, 4.69) is 5.32 Å². The number of hydrogen-bond donors (Lipinski definition) is 2. The molecule has 2 aliphatic carbocycles. The van der Waals surface area contributed by atoms with Gasteiger partial charge in [0.2, 0.25) is 5.91 Å². The Hall–Kier alpha value is -1.14. The summed E-state index contributed by atoms with van der Waals surface area (Å²) in [5, 5.41) is 13.5. The van der Waals surface area contributed by atoms with Gasteiger partial charge < -0.3 is 19.9 Å². The van der Waals surface area contributed by atoms with Crippen LogP contribution in [-0.2, 0) is 19.1 Å². The highest BCUT2D eigenvalue weighted by atomic mass is 16.6. The summed E-state index contributed by atoms with van der Waals surface area (Å²) in [6.45, 7) is 7.77. The number of hydrogen-bond acceptors (Lipinski definition) is 5. The largest absolute Gasteiger partial charge is 0.457 e. The molecule has 0 aromatic heterocycles. The van der Waals surface area contributed by atoms with Crippen molar-refractivity contribution >= 4 is 11.9 Å². The Labute approximate surface area is 169 Å². The number of aliphatic hydroxyl groups is 1. The first-order valence-electron chi connectivity index (χ1n) is 11.2. The van der Waals surface area contributed by atoms with Crippen LogP contribution in [0.15, 0.2) is 0 Å². The van der Waals surface area contributed by atoms with Crippen molar-refractivity contribution in [2.24, 2.45) is 5.92 Å². The fourth-order valence-corrected chi connectivity index (χ4v) is 4.45. The molecule has 0 aromatic carbocycles. The molecular formula is C22H39NO5. The van der Waals surface area contributed by atoms with Crippen LogP contribution < -0.4 is 5.32 Å². The van der Waals surface area contributed by atoms with Gasteiger partial charge in [-0.3, -0.25) is 4.79 Å². The van der Waals surface area contributed by atoms with Crippen molar-refractivity contribution < 1.29 is 24.2 Å². The number of carbonyl (C=O) groups is 2. The normalized spacial score (nSPS) is 23.8. The number of nitrogens with one attached hydrogen (secondary N) is 1. The smallest absolute Gasteiger partial charge is 0.334 e. The molecule has 0 aliphatic heterocycles. The molecule has 2 aliphatic rings. The van der Waals surface area contributed by atoms with Gasteiger partial charge in [0.05, 0.1) is 5.60 Å². The highest BCUT2D eigenvalue weighted by Gasteiger charge is 2.43. The molecule has 0 heterocycles. The van der Waals surface area contributed by atoms with Crippen LogP contribution in [0.1, 0.15) is 98.3 Å². The van der Waals surface area contributed by atoms with E-state index in [9.17, 15) is 14.7 Å². The second kappa shape index (κ2) is 10.1. The summed E-state index contributed by atoms with van der Waals surface area (Å²) < 4.78 is 11.9. The lowest BCUT2D eigenvalue weighted by molar-refractivity contribution is -0.212. The van der Waals surface area contributed by atoms with E-state index in [1.54, 1.807) is 6.92 Å². The average molecular weight is 398 g/mol. The van der Waals surface area contributed by atoms with Crippen LogP contribution in [0.2, 0.25) is 0 Å². The minimum absolute atomic E-state index is 0.249. The zero-order chi connectivity index (χ0) is 20.8. The quantitative estimate of drug-likeness (QED) is 0.432. The van der Waals surface area contributed by atoms with Crippen molar-refractivity contribution in [1.29, 1.82) is 0 Å². The molecule has 0 radical (unpaired) electrons. The number of ether oxygens (including phenoxy) is 2. The van der Waals surface area contributed by atoms with E-state index >= 15 is 0 Å². The van der Waals surface area contributed by atoms with Gasteiger partial charge in [-0.15, -0.1) is 0 Å². The number of esters is 1. The molecule has 0 spiro atoms. The summed E-state index contributed by atoms with van der Waals surface area (Å²) in [6.07, 6.45) is 8.30. The molecule has 6 heteroatoms. The van der Waals surface area contributed by atoms with Crippen molar-refractivity contribution in [3.63, 3.8) is 0 Å². The third-order valence-electron chi connectivity index (χ3n) is 6.90. The zero-order valence-electron chi connectivity index (χ0n) is 18.1. The fraction of sp³-hybridized carbons (Fsp3) is 0.909. The van der Waals surface area contributed by atoms with Gasteiger partial charge in [-0.1, -0.05) is 40.5 Å². The lowest BCUT2D eigenvalue weighted by Crippen LogP contribution is -2.55. The number of aliphatic hydroxyl groups excluding tert-OH is 1. The first kappa shape index (κ1) is 23.1. The van der Waals surface area contributed by atoms with Crippen molar-refractivity contribution in [3.8, 4) is 0 Å². The van der Waals surface area contributed by atoms with E-state index in [0.717, 1.165) is 64.2 Å². The Morgan fingerprint density at radius 2 is 1.46 bits per heavy atom. The molecule has 162 valence electrons. The standard InChI is InChI=1S/C22H39NO5/c1-5-16(4)18(24)23-17(19(25)27-21(6-2)12-8-9-13-21)20(26)28-22(7-3)14-10-11-15-22/h16-17,19,25H,5-15H2,1-4H3,(H,23,24). The summed E-state index contributed by atoms with van der Waals surface area (Å²) in [4.78, 5) is 25.5. The molecule has 6 nitrogen and oxygen atoms in total. The number of amides is 1. The average Bonchev–Trinajstić information content (AvgIpc) is 3.35. The van der Waals surface area contributed by atoms with Gasteiger partial charge in [0.15, 0.2) is 12.3 Å². The highest BCUT2D eigenvalue weighted by Crippen LogP contribution is 2.38. The predicted octanol–water partition coefficient (Wildman–Crippen LogP) is 3.84. The van der Waals surface area contributed by atoms with Crippen LogP contribution in [0.5, 0.6) is 0 Å². The first-order valence-corrected chi connectivity index (χ1v) is 11.2. The summed E-state index contributed by atoms with van der Waals surface area (Å²) >= 11 is 0. The Morgan fingerprint density at radius 3 is 1.93 bits per heavy atom. The van der Waals surface area contributed by atoms with Crippen LogP contribution >= 0.6 is 0 Å². The summed E-state index contributed by atoms with van der Waals surface area (Å²) in [6, 6.07) is -1.20. The summed E-state index contributed by atoms with van der Waals surface area (Å²) in [5.74, 6) is -1.10. The topological polar surface area (TPSA) is 84.9 Å². The monoisotopic (exact) mass is 397 g/mol. The highest BCUT2D eigenvalue weighted by molar-refractivity contribution is 5.86. The molecule has 2 saturated carbocycles. The van der Waals surface area contributed by atoms with Crippen LogP contribution in [0.4, 0.5) is 0 Å². The third-order valence-corrected chi connectivity index (χ3v) is 6.90. The van der Waals surface area contributed by atoms with Gasteiger partial charge in [-0.25, -0.2) is 4.79 Å². The number of rotatable bonds is 10. The van der Waals surface area contributed by atoms with E-state index in [-0.39, 0.29) is 11.8 Å². The Balaban J connectivity index is 2.15. The van der Waals surface area contributed by atoms with Crippen molar-refractivity contribution in [1.82, 2.24) is 5.32 Å². The molecule has 0 aromatic rings. The van der Waals surface area contributed by atoms with Gasteiger partial charge in [0, 0.05) is 5.92 Å². The van der Waals surface area contributed by atoms with E-state index in [1.165, 1.54) is 0 Å². The maximum atomic E-state index is 13.0. The van der Waals surface area contributed by atoms with E-state index in [0.29, 0.717) is 6.42 Å². The molecule has 2 N–H and O–H groups in total. The lowest BCUT2D eigenvalue weighted by Gasteiger charge is -2.35. The molecule has 1 amide bonds. The van der Waals surface area contributed by atoms with E-state index < -0.39 is 29.5 Å². The molecule has 28 heavy (non-hydrogen) atoms. The number of carbonyl (C=O) groups excluding carboxylic acids is 2. The van der Waals surface area contributed by atoms with E-state index in [4.69, 9.17) is 9.47 Å². The van der Waals surface area contributed by atoms with Gasteiger partial charge >= 0.3 is 5.97 Å². The minimum atomic E-state index is -1.41. The van der Waals surface area contributed by atoms with Crippen LogP contribution in [0, 0.1) is 5.92 Å². The van der Waals surface area contributed by atoms with Crippen molar-refractivity contribution in [2.75, 3.05) is 0 Å². The molecule has 2 rings (SSSR count). The maximum absolute atomic E-state index is 13.0. The second-order valence-electron chi connectivity index (χ2n) is 8.71. The Morgan fingerprint density at radius 1 is 0.964 bits per heavy atom. The van der Waals surface area contributed by atoms with Gasteiger partial charge in [0.1, 0.15) is 5.60 Å². The van der Waals surface area contributed by atoms with E-state index in [1.807, 2.05) is 20.8 Å². The van der Waals surface area contributed by atoms with Crippen LogP contribution in [-0.4, -0.2) is 40.5 Å². The molecule has 0 saturated heterocycles. The van der Waals surface area contributed by atoms with Crippen molar-refractivity contribution in [3.05, 3.63) is 0 Å². The van der Waals surface area contributed by atoms with Crippen molar-refractivity contribution in [2.45, 2.75) is 122 Å². The molecular weight excluding hydrogens is 358 g/mol. The minimum Gasteiger partial charge on any atom is -0.457 e. The molecule has 3 atom stereocenters. The predicted molar refractivity (Wildman–Crippen MR) is 108 cm³/mol. The zero-order valence-corrected chi connectivity index (χ0v) is 18.1. The molecule has 3 unspecified atom stereocenters. The SMILES string of the molecule is CCC(C)C(=O)NC(C(=O)OC1(CC)CCCC1)C(O)OC1(CC)CCCC1. The Bertz CT molecular complexity index is 523. The summed E-state index contributed by atoms with van der Waals surface area (Å²) in [7, 11) is 0.